The second-order valence-electron chi connectivity index (χ2n) is 7.82. The third-order valence-corrected chi connectivity index (χ3v) is 6.23. The highest BCUT2D eigenvalue weighted by Gasteiger charge is 2.41. The Morgan fingerprint density at radius 2 is 1.61 bits per heavy atom. The fraction of sp³-hybridized carbons (Fsp3) is 0.250. The van der Waals surface area contributed by atoms with Crippen molar-refractivity contribution in [2.45, 2.75) is 31.2 Å². The lowest BCUT2D eigenvalue weighted by atomic mass is 9.95. The van der Waals surface area contributed by atoms with Gasteiger partial charge in [-0.25, -0.2) is 4.39 Å². The van der Waals surface area contributed by atoms with Gasteiger partial charge in [-0.2, -0.15) is 26.3 Å². The van der Waals surface area contributed by atoms with E-state index in [2.05, 4.69) is 17.2 Å². The van der Waals surface area contributed by atoms with Crippen LogP contribution in [0.15, 0.2) is 49.1 Å². The van der Waals surface area contributed by atoms with Crippen LogP contribution in [0.5, 0.6) is 0 Å². The highest BCUT2D eigenvalue weighted by Crippen LogP contribution is 2.42. The van der Waals surface area contributed by atoms with Gasteiger partial charge in [0.05, 0.1) is 26.2 Å². The summed E-state index contributed by atoms with van der Waals surface area (Å²) < 4.78 is 97.4. The maximum Gasteiger partial charge on any atom is 0.417 e. The van der Waals surface area contributed by atoms with E-state index < -0.39 is 64.2 Å². The second-order valence-corrected chi connectivity index (χ2v) is 9.01. The molecule has 2 rings (SSSR count). The number of amides is 2. The number of nitrogens with one attached hydrogen (secondary N) is 2. The quantitative estimate of drug-likeness (QED) is 0.184. The number of rotatable bonds is 8. The fourth-order valence-corrected chi connectivity index (χ4v) is 3.78. The summed E-state index contributed by atoms with van der Waals surface area (Å²) in [6.45, 7) is 4.64. The van der Waals surface area contributed by atoms with E-state index in [1.807, 2.05) is 0 Å². The van der Waals surface area contributed by atoms with Gasteiger partial charge in [0.1, 0.15) is 17.8 Å². The lowest BCUT2D eigenvalue weighted by Crippen LogP contribution is -2.45. The van der Waals surface area contributed by atoms with Crippen LogP contribution in [0.4, 0.5) is 30.7 Å². The minimum atomic E-state index is -5.20. The summed E-state index contributed by atoms with van der Waals surface area (Å²) in [6, 6.07) is 1.85. The third-order valence-electron chi connectivity index (χ3n) is 5.04. The molecule has 2 N–H and O–H groups in total. The normalized spacial score (nSPS) is 14.0. The van der Waals surface area contributed by atoms with Gasteiger partial charge in [-0.3, -0.25) is 9.59 Å². The second kappa shape index (κ2) is 12.4. The molecular formula is C24H18Cl3F7N2O2. The number of allylic oxidation sites excluding steroid dienone is 1. The molecule has 0 saturated carbocycles. The molecule has 2 unspecified atom stereocenters. The molecule has 0 saturated heterocycles. The van der Waals surface area contributed by atoms with Crippen molar-refractivity contribution >= 4 is 52.4 Å². The molecule has 14 heteroatoms. The van der Waals surface area contributed by atoms with Crippen LogP contribution < -0.4 is 10.6 Å². The Kier molecular flexibility index (Phi) is 10.3. The predicted octanol–water partition coefficient (Wildman–Crippen LogP) is 7.74. The van der Waals surface area contributed by atoms with Crippen LogP contribution in [0.3, 0.4) is 0 Å². The van der Waals surface area contributed by atoms with Crippen molar-refractivity contribution in [2.24, 2.45) is 0 Å². The third kappa shape index (κ3) is 7.87. The fourth-order valence-electron chi connectivity index (χ4n) is 3.17. The van der Waals surface area contributed by atoms with Gasteiger partial charge in [0.15, 0.2) is 0 Å². The van der Waals surface area contributed by atoms with Crippen LogP contribution in [-0.2, 0) is 11.0 Å². The van der Waals surface area contributed by atoms with Gasteiger partial charge in [0.25, 0.3) is 5.91 Å². The predicted molar refractivity (Wildman–Crippen MR) is 131 cm³/mol. The molecule has 0 radical (unpaired) electrons. The van der Waals surface area contributed by atoms with E-state index in [9.17, 15) is 40.3 Å². The molecule has 0 spiro atoms. The number of benzene rings is 2. The summed E-state index contributed by atoms with van der Waals surface area (Å²) in [5.74, 6) is -6.34. The van der Waals surface area contributed by atoms with Crippen molar-refractivity contribution in [3.05, 3.63) is 86.4 Å². The smallest absolute Gasteiger partial charge is 0.351 e. The lowest BCUT2D eigenvalue weighted by molar-refractivity contribution is -0.140. The largest absolute Gasteiger partial charge is 0.417 e. The van der Waals surface area contributed by atoms with Crippen molar-refractivity contribution in [2.75, 3.05) is 6.54 Å². The highest BCUT2D eigenvalue weighted by molar-refractivity contribution is 6.48. The highest BCUT2D eigenvalue weighted by atomic mass is 35.5. The first-order valence-corrected chi connectivity index (χ1v) is 11.6. The van der Waals surface area contributed by atoms with E-state index in [4.69, 9.17) is 34.8 Å². The maximum atomic E-state index is 15.0. The first-order chi connectivity index (χ1) is 17.5. The molecule has 38 heavy (non-hydrogen) atoms. The molecule has 4 nitrogen and oxygen atoms in total. The van der Waals surface area contributed by atoms with Crippen molar-refractivity contribution < 1.29 is 40.3 Å². The Balaban J connectivity index is 2.50. The standard InChI is InChI=1S/C24H18Cl3F7N2O2/c1-3-6-35-21(37)11(2)36-22(38)14-5-4-12(7-16(14)24(32,33)34)19(28)10-15(23(29,30)31)13-8-17(25)20(27)18(26)9-13/h3-5,7-11,15H,1,6H2,2H3,(H,35,37)(H,36,38)/b19-10-. The number of alkyl halides is 6. The monoisotopic (exact) mass is 604 g/mol. The Labute approximate surface area is 227 Å². The average Bonchev–Trinajstić information content (AvgIpc) is 2.82. The van der Waals surface area contributed by atoms with E-state index >= 15 is 0 Å². The van der Waals surface area contributed by atoms with E-state index in [1.54, 1.807) is 0 Å². The zero-order valence-corrected chi connectivity index (χ0v) is 21.5. The van der Waals surface area contributed by atoms with Crippen molar-refractivity contribution in [3.63, 3.8) is 0 Å². The van der Waals surface area contributed by atoms with Crippen molar-refractivity contribution in [1.82, 2.24) is 10.6 Å². The summed E-state index contributed by atoms with van der Waals surface area (Å²) >= 11 is 17.3. The Morgan fingerprint density at radius 1 is 1.03 bits per heavy atom. The van der Waals surface area contributed by atoms with E-state index in [-0.39, 0.29) is 33.8 Å². The van der Waals surface area contributed by atoms with E-state index in [0.717, 1.165) is 12.1 Å². The lowest BCUT2D eigenvalue weighted by Gasteiger charge is -2.19. The van der Waals surface area contributed by atoms with Crippen LogP contribution in [-0.4, -0.2) is 30.6 Å². The number of halogens is 10. The molecule has 2 aromatic rings. The molecule has 2 aromatic carbocycles. The average molecular weight is 606 g/mol. The minimum absolute atomic E-state index is 0.0422. The summed E-state index contributed by atoms with van der Waals surface area (Å²) in [6.07, 6.45) is -8.89. The SMILES string of the molecule is C=CCNC(=O)C(C)NC(=O)c1ccc(/C(F)=C/C(c2cc(Cl)c(Cl)c(Cl)c2)C(F)(F)F)cc1C(F)(F)F. The van der Waals surface area contributed by atoms with Crippen LogP contribution in [0.1, 0.15) is 39.9 Å². The molecule has 0 bridgehead atoms. The van der Waals surface area contributed by atoms with Gasteiger partial charge in [-0.1, -0.05) is 46.9 Å². The minimum Gasteiger partial charge on any atom is -0.351 e. The van der Waals surface area contributed by atoms with Crippen LogP contribution in [0.2, 0.25) is 15.1 Å². The molecule has 0 aromatic heterocycles. The summed E-state index contributed by atoms with van der Waals surface area (Å²) in [7, 11) is 0. The Bertz CT molecular complexity index is 1240. The number of carbonyl (C=O) groups excluding carboxylic acids is 2. The van der Waals surface area contributed by atoms with Crippen molar-refractivity contribution in [1.29, 1.82) is 0 Å². The molecular weight excluding hydrogens is 588 g/mol. The maximum absolute atomic E-state index is 15.0. The van der Waals surface area contributed by atoms with Crippen molar-refractivity contribution in [3.8, 4) is 0 Å². The molecule has 206 valence electrons. The van der Waals surface area contributed by atoms with Gasteiger partial charge in [-0.15, -0.1) is 6.58 Å². The molecule has 0 aliphatic carbocycles. The van der Waals surface area contributed by atoms with Gasteiger partial charge >= 0.3 is 12.4 Å². The number of hydrogen-bond donors (Lipinski definition) is 2. The van der Waals surface area contributed by atoms with Crippen LogP contribution in [0, 0.1) is 0 Å². The van der Waals surface area contributed by atoms with Crippen LogP contribution in [0.25, 0.3) is 5.83 Å². The van der Waals surface area contributed by atoms with Crippen LogP contribution >= 0.6 is 34.8 Å². The number of hydrogen-bond acceptors (Lipinski definition) is 2. The number of carbonyl (C=O) groups is 2. The molecule has 2 atom stereocenters. The van der Waals surface area contributed by atoms with Gasteiger partial charge in [-0.05, 0) is 42.8 Å². The molecule has 0 aliphatic heterocycles. The first kappa shape index (κ1) is 31.5. The summed E-state index contributed by atoms with van der Waals surface area (Å²) in [4.78, 5) is 24.4. The Morgan fingerprint density at radius 3 is 2.11 bits per heavy atom. The molecule has 2 amide bonds. The zero-order valence-electron chi connectivity index (χ0n) is 19.2. The molecule has 0 fully saturated rings. The first-order valence-electron chi connectivity index (χ1n) is 10.5. The molecule has 0 heterocycles. The van der Waals surface area contributed by atoms with Gasteiger partial charge in [0.2, 0.25) is 5.91 Å². The molecule has 0 aliphatic rings. The topological polar surface area (TPSA) is 58.2 Å². The zero-order chi connectivity index (χ0) is 29.0. The van der Waals surface area contributed by atoms with E-state index in [0.29, 0.717) is 12.1 Å². The van der Waals surface area contributed by atoms with Gasteiger partial charge < -0.3 is 10.6 Å². The van der Waals surface area contributed by atoms with E-state index in [1.165, 1.54) is 13.0 Å². The Hall–Kier alpha value is -2.76. The van der Waals surface area contributed by atoms with Gasteiger partial charge in [0, 0.05) is 12.1 Å². The summed E-state index contributed by atoms with van der Waals surface area (Å²) in [5.41, 5.74) is -4.09. The summed E-state index contributed by atoms with van der Waals surface area (Å²) in [5, 5.41) is 3.49.